The second-order valence-electron chi connectivity index (χ2n) is 17.3. The van der Waals surface area contributed by atoms with Crippen molar-refractivity contribution in [2.75, 3.05) is 36.4 Å². The SMILES string of the molecule is CC(=O)N1CCC2(CC1)C(=O)N(C1CC(N3CCC[C@@H](C(=O)O)C3)C1)c1cc(-c3cc4ncn(C(C)C)c4c(Nc4cc(C(=O)NC(C)C)c(C)cc4F)n3)ccc12. The van der Waals surface area contributed by atoms with Crippen LogP contribution in [-0.4, -0.2) is 97.4 Å². The fourth-order valence-electron chi connectivity index (χ4n) is 9.57. The minimum atomic E-state index is -0.757. The van der Waals surface area contributed by atoms with E-state index in [0.717, 1.165) is 42.6 Å². The van der Waals surface area contributed by atoms with Crippen molar-refractivity contribution in [3.63, 3.8) is 0 Å². The third kappa shape index (κ3) is 6.88. The molecule has 0 bridgehead atoms. The molecule has 14 heteroatoms. The molecule has 2 saturated heterocycles. The van der Waals surface area contributed by atoms with Gasteiger partial charge in [0.15, 0.2) is 5.82 Å². The third-order valence-corrected chi connectivity index (χ3v) is 12.9. The van der Waals surface area contributed by atoms with Gasteiger partial charge in [-0.1, -0.05) is 12.1 Å². The van der Waals surface area contributed by atoms with E-state index in [1.54, 1.807) is 20.2 Å². The number of carbonyl (C=O) groups excluding carboxylic acids is 3. The van der Waals surface area contributed by atoms with E-state index in [2.05, 4.69) is 15.5 Å². The number of pyridine rings is 1. The number of benzene rings is 2. The Balaban J connectivity index is 1.18. The normalized spacial score (nSPS) is 21.8. The van der Waals surface area contributed by atoms with Gasteiger partial charge in [-0.05, 0) is 115 Å². The summed E-state index contributed by atoms with van der Waals surface area (Å²) in [4.78, 5) is 68.0. The smallest absolute Gasteiger partial charge is 0.307 e. The zero-order valence-electron chi connectivity index (χ0n) is 34.1. The number of likely N-dealkylation sites (tertiary alicyclic amines) is 2. The van der Waals surface area contributed by atoms with Gasteiger partial charge in [0.2, 0.25) is 11.8 Å². The van der Waals surface area contributed by atoms with E-state index < -0.39 is 17.2 Å². The summed E-state index contributed by atoms with van der Waals surface area (Å²) >= 11 is 0. The number of anilines is 3. The number of carbonyl (C=O) groups is 4. The van der Waals surface area contributed by atoms with Gasteiger partial charge in [0, 0.05) is 67.5 Å². The molecule has 306 valence electrons. The van der Waals surface area contributed by atoms with Crippen LogP contribution >= 0.6 is 0 Å². The van der Waals surface area contributed by atoms with Gasteiger partial charge in [-0.25, -0.2) is 14.4 Å². The fourth-order valence-corrected chi connectivity index (χ4v) is 9.57. The van der Waals surface area contributed by atoms with E-state index in [9.17, 15) is 24.3 Å². The predicted molar refractivity (Wildman–Crippen MR) is 220 cm³/mol. The summed E-state index contributed by atoms with van der Waals surface area (Å²) in [5.41, 5.74) is 4.68. The quantitative estimate of drug-likeness (QED) is 0.171. The van der Waals surface area contributed by atoms with Crippen LogP contribution < -0.4 is 15.5 Å². The lowest BCUT2D eigenvalue weighted by Gasteiger charge is -2.49. The number of carboxylic acid groups (broad SMARTS) is 1. The zero-order valence-corrected chi connectivity index (χ0v) is 34.1. The number of nitrogens with one attached hydrogen (secondary N) is 2. The first-order valence-electron chi connectivity index (χ1n) is 20.6. The molecular formula is C44H53FN8O5. The summed E-state index contributed by atoms with van der Waals surface area (Å²) in [5.74, 6) is -1.51. The highest BCUT2D eigenvalue weighted by Gasteiger charge is 2.56. The van der Waals surface area contributed by atoms with Crippen LogP contribution in [0, 0.1) is 18.7 Å². The number of carboxylic acids is 1. The first kappa shape index (κ1) is 39.5. The number of aliphatic carboxylic acids is 1. The molecule has 4 aromatic rings. The molecule has 13 nitrogen and oxygen atoms in total. The lowest BCUT2D eigenvalue weighted by molar-refractivity contribution is -0.144. The summed E-state index contributed by atoms with van der Waals surface area (Å²) in [6.45, 7) is 13.5. The second kappa shape index (κ2) is 15.1. The van der Waals surface area contributed by atoms with Crippen molar-refractivity contribution in [1.29, 1.82) is 0 Å². The van der Waals surface area contributed by atoms with Crippen LogP contribution in [0.3, 0.4) is 0 Å². The van der Waals surface area contributed by atoms with Gasteiger partial charge in [-0.15, -0.1) is 0 Å². The Hall–Kier alpha value is -5.37. The average molecular weight is 793 g/mol. The van der Waals surface area contributed by atoms with Crippen LogP contribution in [0.5, 0.6) is 0 Å². The van der Waals surface area contributed by atoms with Crippen LogP contribution in [0.2, 0.25) is 0 Å². The van der Waals surface area contributed by atoms with Crippen LogP contribution in [0.4, 0.5) is 21.6 Å². The van der Waals surface area contributed by atoms with Gasteiger partial charge in [-0.3, -0.25) is 24.1 Å². The number of rotatable bonds is 9. The molecule has 5 heterocycles. The Morgan fingerprint density at radius 2 is 1.74 bits per heavy atom. The molecule has 1 spiro atoms. The highest BCUT2D eigenvalue weighted by atomic mass is 19.1. The molecule has 3 N–H and O–H groups in total. The van der Waals surface area contributed by atoms with Crippen LogP contribution in [0.15, 0.2) is 42.7 Å². The number of amides is 3. The van der Waals surface area contributed by atoms with Gasteiger partial charge in [0.25, 0.3) is 5.91 Å². The molecule has 0 radical (unpaired) electrons. The van der Waals surface area contributed by atoms with Gasteiger partial charge < -0.3 is 30.1 Å². The summed E-state index contributed by atoms with van der Waals surface area (Å²) < 4.78 is 17.7. The molecule has 1 saturated carbocycles. The number of fused-ring (bicyclic) bond motifs is 3. The van der Waals surface area contributed by atoms with E-state index in [1.807, 2.05) is 66.3 Å². The maximum Gasteiger partial charge on any atom is 0.307 e. The molecule has 1 aliphatic carbocycles. The molecule has 58 heavy (non-hydrogen) atoms. The van der Waals surface area contributed by atoms with E-state index in [1.165, 1.54) is 12.1 Å². The molecule has 8 rings (SSSR count). The van der Waals surface area contributed by atoms with Crippen molar-refractivity contribution in [2.45, 2.75) is 110 Å². The van der Waals surface area contributed by atoms with Crippen molar-refractivity contribution >= 4 is 51.9 Å². The van der Waals surface area contributed by atoms with Crippen LogP contribution in [-0.2, 0) is 19.8 Å². The first-order valence-corrected chi connectivity index (χ1v) is 20.6. The predicted octanol–water partition coefficient (Wildman–Crippen LogP) is 6.56. The number of piperidine rings is 2. The summed E-state index contributed by atoms with van der Waals surface area (Å²) in [5, 5.41) is 15.8. The number of hydrogen-bond acceptors (Lipinski definition) is 8. The summed E-state index contributed by atoms with van der Waals surface area (Å²) in [6, 6.07) is 10.9. The Kier molecular flexibility index (Phi) is 10.3. The van der Waals surface area contributed by atoms with E-state index in [0.29, 0.717) is 72.6 Å². The van der Waals surface area contributed by atoms with E-state index >= 15 is 4.39 Å². The number of nitrogens with zero attached hydrogens (tertiary/aromatic N) is 6. The van der Waals surface area contributed by atoms with Crippen molar-refractivity contribution < 1.29 is 28.7 Å². The fraction of sp³-hybridized carbons (Fsp3) is 0.500. The van der Waals surface area contributed by atoms with Gasteiger partial charge in [0.1, 0.15) is 11.3 Å². The Morgan fingerprint density at radius 1 is 1.00 bits per heavy atom. The number of aromatic nitrogens is 3. The summed E-state index contributed by atoms with van der Waals surface area (Å²) in [7, 11) is 0. The highest BCUT2D eigenvalue weighted by Crippen LogP contribution is 2.52. The van der Waals surface area contributed by atoms with Gasteiger partial charge in [0.05, 0.1) is 34.6 Å². The molecule has 2 aromatic heterocycles. The zero-order chi connectivity index (χ0) is 41.2. The molecular weight excluding hydrogens is 740 g/mol. The highest BCUT2D eigenvalue weighted by molar-refractivity contribution is 6.09. The number of aryl methyl sites for hydroxylation is 1. The van der Waals surface area contributed by atoms with Gasteiger partial charge in [-0.2, -0.15) is 0 Å². The van der Waals surface area contributed by atoms with Crippen molar-refractivity contribution in [1.82, 2.24) is 29.7 Å². The van der Waals surface area contributed by atoms with Crippen molar-refractivity contribution in [3.8, 4) is 11.3 Å². The lowest BCUT2D eigenvalue weighted by Crippen LogP contribution is -2.59. The molecule has 2 aromatic carbocycles. The third-order valence-electron chi connectivity index (χ3n) is 12.9. The lowest BCUT2D eigenvalue weighted by atomic mass is 9.73. The standard InChI is InChI=1S/C44H53FN8O5/c1-24(2)47-41(55)32-20-36(34(45)16-26(32)5)49-40-39-37(46-23-52(39)25(3)4)21-35(48-40)28-9-10-33-38(17-28)53(43(58)44(33)11-14-50(15-12-44)27(6)54)31-18-30(19-31)51-13-7-8-29(22-51)42(56)57/h9-10,16-17,20-21,23-25,29-31H,7-8,11-15,18-19,22H2,1-6H3,(H,47,55)(H,48,49)(H,56,57)/t29-,30?,31?/m1/s1. The molecule has 1 atom stereocenters. The largest absolute Gasteiger partial charge is 0.481 e. The Morgan fingerprint density at radius 3 is 2.41 bits per heavy atom. The Labute approximate surface area is 338 Å². The minimum Gasteiger partial charge on any atom is -0.481 e. The Bertz CT molecular complexity index is 2310. The second-order valence-corrected chi connectivity index (χ2v) is 17.3. The van der Waals surface area contributed by atoms with E-state index in [4.69, 9.17) is 9.97 Å². The molecule has 0 unspecified atom stereocenters. The van der Waals surface area contributed by atoms with Gasteiger partial charge >= 0.3 is 5.97 Å². The molecule has 3 fully saturated rings. The number of hydrogen-bond donors (Lipinski definition) is 3. The van der Waals surface area contributed by atoms with Crippen molar-refractivity contribution in [3.05, 3.63) is 65.2 Å². The summed E-state index contributed by atoms with van der Waals surface area (Å²) in [6.07, 6.45) is 5.84. The van der Waals surface area contributed by atoms with Crippen LogP contribution in [0.1, 0.15) is 101 Å². The first-order chi connectivity index (χ1) is 27.6. The molecule has 3 amide bonds. The molecule has 4 aliphatic rings. The number of imidazole rings is 1. The van der Waals surface area contributed by atoms with Crippen molar-refractivity contribution in [2.24, 2.45) is 5.92 Å². The van der Waals surface area contributed by atoms with Crippen LogP contribution in [0.25, 0.3) is 22.3 Å². The average Bonchev–Trinajstić information content (AvgIpc) is 3.69. The monoisotopic (exact) mass is 792 g/mol. The number of halogens is 1. The molecule has 3 aliphatic heterocycles. The van der Waals surface area contributed by atoms with E-state index in [-0.39, 0.29) is 53.5 Å². The maximum absolute atomic E-state index is 15.7. The maximum atomic E-state index is 15.7. The topological polar surface area (TPSA) is 153 Å². The minimum absolute atomic E-state index is 0.00195.